The van der Waals surface area contributed by atoms with Crippen LogP contribution < -0.4 is 4.90 Å². The minimum absolute atomic E-state index is 0.0508. The minimum Gasteiger partial charge on any atom is -0.345 e. The van der Waals surface area contributed by atoms with Crippen molar-refractivity contribution in [3.8, 4) is 0 Å². The summed E-state index contributed by atoms with van der Waals surface area (Å²) in [5.74, 6) is 0. The highest BCUT2D eigenvalue weighted by Gasteiger charge is 2.28. The van der Waals surface area contributed by atoms with Crippen LogP contribution >= 0.6 is 0 Å². The quantitative estimate of drug-likeness (QED) is 0.453. The van der Waals surface area contributed by atoms with E-state index in [1.807, 2.05) is 0 Å². The Labute approximate surface area is 170 Å². The van der Waals surface area contributed by atoms with E-state index in [-0.39, 0.29) is 5.41 Å². The monoisotopic (exact) mass is 369 g/mol. The van der Waals surface area contributed by atoms with Gasteiger partial charge in [0.05, 0.1) is 0 Å². The van der Waals surface area contributed by atoms with Crippen molar-refractivity contribution in [2.45, 2.75) is 51.9 Å². The van der Waals surface area contributed by atoms with Crippen LogP contribution in [0.4, 0.5) is 11.4 Å². The number of hydrogen-bond donors (Lipinski definition) is 0. The Morgan fingerprint density at radius 3 is 1.89 bits per heavy atom. The molecule has 3 aromatic rings. The summed E-state index contributed by atoms with van der Waals surface area (Å²) in [4.78, 5) is 2.30. The number of benzene rings is 3. The zero-order valence-corrected chi connectivity index (χ0v) is 17.6. The molecule has 0 saturated heterocycles. The van der Waals surface area contributed by atoms with Gasteiger partial charge >= 0.3 is 0 Å². The first-order valence-corrected chi connectivity index (χ1v) is 10.5. The average molecular weight is 370 g/mol. The van der Waals surface area contributed by atoms with Gasteiger partial charge in [-0.1, -0.05) is 68.3 Å². The highest BCUT2D eigenvalue weighted by atomic mass is 15.1. The third-order valence-corrected chi connectivity index (χ3v) is 6.57. The van der Waals surface area contributed by atoms with Crippen molar-refractivity contribution in [3.63, 3.8) is 0 Å². The summed E-state index contributed by atoms with van der Waals surface area (Å²) in [7, 11) is 2.17. The van der Waals surface area contributed by atoms with Crippen molar-refractivity contribution in [2.24, 2.45) is 0 Å². The van der Waals surface area contributed by atoms with Gasteiger partial charge in [-0.25, -0.2) is 0 Å². The molecule has 144 valence electrons. The molecule has 0 aromatic heterocycles. The third kappa shape index (κ3) is 3.35. The number of hydrogen-bond acceptors (Lipinski definition) is 1. The molecule has 0 bridgehead atoms. The lowest BCUT2D eigenvalue weighted by atomic mass is 9.73. The summed E-state index contributed by atoms with van der Waals surface area (Å²) in [6.07, 6.45) is 4.78. The molecule has 3 aromatic carbocycles. The van der Waals surface area contributed by atoms with Gasteiger partial charge in [0.2, 0.25) is 0 Å². The molecule has 0 aliphatic heterocycles. The molecular weight excluding hydrogens is 338 g/mol. The molecule has 1 nitrogen and oxygen atoms in total. The molecule has 0 radical (unpaired) electrons. The molecule has 0 heterocycles. The fraction of sp³-hybridized carbons (Fsp3) is 0.333. The SMILES string of the molecule is CCCC(C)(c1ccc(C)cc1)c1ccc(N(C)c2ccc3c(c2)CC3)cc1. The minimum atomic E-state index is 0.0508. The van der Waals surface area contributed by atoms with Crippen LogP contribution in [0.5, 0.6) is 0 Å². The summed E-state index contributed by atoms with van der Waals surface area (Å²) in [5, 5.41) is 0. The van der Waals surface area contributed by atoms with E-state index in [1.165, 1.54) is 58.5 Å². The van der Waals surface area contributed by atoms with E-state index in [0.717, 1.165) is 6.42 Å². The second-order valence-electron chi connectivity index (χ2n) is 8.51. The normalized spacial score (nSPS) is 14.7. The van der Waals surface area contributed by atoms with E-state index in [2.05, 4.69) is 99.4 Å². The molecule has 4 rings (SSSR count). The van der Waals surface area contributed by atoms with E-state index in [9.17, 15) is 0 Å². The van der Waals surface area contributed by atoms with Crippen LogP contribution in [0, 0.1) is 6.92 Å². The number of aryl methyl sites for hydroxylation is 3. The maximum Gasteiger partial charge on any atom is 0.0411 e. The number of rotatable bonds is 6. The molecule has 1 unspecified atom stereocenters. The van der Waals surface area contributed by atoms with Gasteiger partial charge < -0.3 is 4.90 Å². The molecule has 0 saturated carbocycles. The lowest BCUT2D eigenvalue weighted by Gasteiger charge is -2.32. The van der Waals surface area contributed by atoms with Gasteiger partial charge in [0.25, 0.3) is 0 Å². The Morgan fingerprint density at radius 1 is 0.786 bits per heavy atom. The second-order valence-corrected chi connectivity index (χ2v) is 8.51. The van der Waals surface area contributed by atoms with Gasteiger partial charge in [-0.15, -0.1) is 0 Å². The zero-order chi connectivity index (χ0) is 19.7. The zero-order valence-electron chi connectivity index (χ0n) is 17.6. The standard InChI is InChI=1S/C27H31N/c1-5-18-27(3,23-11-6-20(2)7-12-23)24-13-16-25(17-14-24)28(4)26-15-10-21-8-9-22(21)19-26/h6-7,10-17,19H,5,8-9,18H2,1-4H3. The second kappa shape index (κ2) is 7.47. The van der Waals surface area contributed by atoms with Crippen LogP contribution in [0.15, 0.2) is 66.7 Å². The van der Waals surface area contributed by atoms with E-state index < -0.39 is 0 Å². The Hall–Kier alpha value is -2.54. The highest BCUT2D eigenvalue weighted by molar-refractivity contribution is 5.65. The lowest BCUT2D eigenvalue weighted by molar-refractivity contribution is 0.512. The van der Waals surface area contributed by atoms with Crippen LogP contribution in [-0.2, 0) is 18.3 Å². The lowest BCUT2D eigenvalue weighted by Crippen LogP contribution is -2.23. The van der Waals surface area contributed by atoms with E-state index in [1.54, 1.807) is 0 Å². The van der Waals surface area contributed by atoms with Crippen molar-refractivity contribution in [2.75, 3.05) is 11.9 Å². The summed E-state index contributed by atoms with van der Waals surface area (Å²) < 4.78 is 0. The molecule has 28 heavy (non-hydrogen) atoms. The topological polar surface area (TPSA) is 3.24 Å². The molecule has 0 spiro atoms. The van der Waals surface area contributed by atoms with Crippen molar-refractivity contribution in [1.29, 1.82) is 0 Å². The van der Waals surface area contributed by atoms with Crippen molar-refractivity contribution in [3.05, 3.63) is 94.5 Å². The predicted octanol–water partition coefficient (Wildman–Crippen LogP) is 6.97. The van der Waals surface area contributed by atoms with Crippen molar-refractivity contribution in [1.82, 2.24) is 0 Å². The fourth-order valence-electron chi connectivity index (χ4n) is 4.47. The largest absolute Gasteiger partial charge is 0.345 e. The Morgan fingerprint density at radius 2 is 1.36 bits per heavy atom. The molecule has 0 amide bonds. The summed E-state index contributed by atoms with van der Waals surface area (Å²) in [6.45, 7) is 6.82. The summed E-state index contributed by atoms with van der Waals surface area (Å²) >= 11 is 0. The first kappa shape index (κ1) is 18.8. The van der Waals surface area contributed by atoms with Gasteiger partial charge in [0.1, 0.15) is 0 Å². The Bertz CT molecular complexity index is 953. The van der Waals surface area contributed by atoms with E-state index >= 15 is 0 Å². The molecule has 0 N–H and O–H groups in total. The molecule has 1 atom stereocenters. The van der Waals surface area contributed by atoms with Crippen LogP contribution in [0.3, 0.4) is 0 Å². The first-order chi connectivity index (χ1) is 13.5. The van der Waals surface area contributed by atoms with Crippen LogP contribution in [0.25, 0.3) is 0 Å². The maximum atomic E-state index is 2.39. The van der Waals surface area contributed by atoms with Gasteiger partial charge in [-0.3, -0.25) is 0 Å². The van der Waals surface area contributed by atoms with E-state index in [4.69, 9.17) is 0 Å². The Balaban J connectivity index is 1.63. The molecule has 1 aliphatic carbocycles. The maximum absolute atomic E-state index is 2.39. The fourth-order valence-corrected chi connectivity index (χ4v) is 4.47. The molecule has 1 aliphatic rings. The van der Waals surface area contributed by atoms with E-state index in [0.29, 0.717) is 0 Å². The van der Waals surface area contributed by atoms with Crippen LogP contribution in [0.1, 0.15) is 54.5 Å². The molecular formula is C27H31N. The Kier molecular flexibility index (Phi) is 5.02. The third-order valence-electron chi connectivity index (χ3n) is 6.57. The number of anilines is 2. The van der Waals surface area contributed by atoms with Crippen LogP contribution in [-0.4, -0.2) is 7.05 Å². The summed E-state index contributed by atoms with van der Waals surface area (Å²) in [6, 6.07) is 25.1. The smallest absolute Gasteiger partial charge is 0.0411 e. The first-order valence-electron chi connectivity index (χ1n) is 10.5. The van der Waals surface area contributed by atoms with Gasteiger partial charge in [0.15, 0.2) is 0 Å². The average Bonchev–Trinajstić information content (AvgIpc) is 2.69. The van der Waals surface area contributed by atoms with Gasteiger partial charge in [-0.2, -0.15) is 0 Å². The van der Waals surface area contributed by atoms with Gasteiger partial charge in [-0.05, 0) is 72.7 Å². The molecule has 0 fully saturated rings. The summed E-state index contributed by atoms with van der Waals surface area (Å²) in [5.41, 5.74) is 9.72. The van der Waals surface area contributed by atoms with Crippen molar-refractivity contribution >= 4 is 11.4 Å². The van der Waals surface area contributed by atoms with Gasteiger partial charge in [0, 0.05) is 23.8 Å². The number of fused-ring (bicyclic) bond motifs is 1. The van der Waals surface area contributed by atoms with Crippen LogP contribution in [0.2, 0.25) is 0 Å². The highest BCUT2D eigenvalue weighted by Crippen LogP contribution is 2.38. The van der Waals surface area contributed by atoms with Crippen molar-refractivity contribution < 1.29 is 0 Å². The number of nitrogens with zero attached hydrogens (tertiary/aromatic N) is 1. The predicted molar refractivity (Wildman–Crippen MR) is 121 cm³/mol. The molecule has 1 heteroatoms.